The Kier molecular flexibility index (Phi) is 4.59. The molecule has 0 unspecified atom stereocenters. The van der Waals surface area contributed by atoms with Gasteiger partial charge in [0.15, 0.2) is 0 Å². The van der Waals surface area contributed by atoms with Gasteiger partial charge < -0.3 is 5.32 Å². The fourth-order valence-electron chi connectivity index (χ4n) is 1.98. The van der Waals surface area contributed by atoms with Crippen molar-refractivity contribution >= 4 is 38.6 Å². The Balaban J connectivity index is 1.85. The molecule has 0 fully saturated rings. The van der Waals surface area contributed by atoms with Crippen LogP contribution >= 0.6 is 11.3 Å². The summed E-state index contributed by atoms with van der Waals surface area (Å²) in [4.78, 5) is 16.1. The Morgan fingerprint density at radius 1 is 1.00 bits per heavy atom. The van der Waals surface area contributed by atoms with E-state index < -0.39 is 10.0 Å². The van der Waals surface area contributed by atoms with Crippen molar-refractivity contribution in [1.29, 1.82) is 0 Å². The molecular formula is C16H13N3O3S2. The summed E-state index contributed by atoms with van der Waals surface area (Å²) in [5, 5.41) is 4.38. The Morgan fingerprint density at radius 3 is 2.46 bits per heavy atom. The quantitative estimate of drug-likeness (QED) is 0.732. The first-order valence-electron chi connectivity index (χ1n) is 6.93. The number of hydrogen-bond acceptors (Lipinski definition) is 5. The first kappa shape index (κ1) is 16.2. The molecule has 3 rings (SSSR count). The highest BCUT2D eigenvalue weighted by Gasteiger charge is 2.17. The van der Waals surface area contributed by atoms with Gasteiger partial charge in [0.2, 0.25) is 0 Å². The normalized spacial score (nSPS) is 11.0. The summed E-state index contributed by atoms with van der Waals surface area (Å²) in [6.07, 6.45) is 3.01. The van der Waals surface area contributed by atoms with E-state index in [-0.39, 0.29) is 10.1 Å². The lowest BCUT2D eigenvalue weighted by Gasteiger charge is -2.12. The zero-order valence-electron chi connectivity index (χ0n) is 12.3. The van der Waals surface area contributed by atoms with E-state index in [0.29, 0.717) is 16.9 Å². The van der Waals surface area contributed by atoms with Gasteiger partial charge in [0.1, 0.15) is 4.21 Å². The number of amides is 1. The van der Waals surface area contributed by atoms with Gasteiger partial charge in [0, 0.05) is 12.4 Å². The lowest BCUT2D eigenvalue weighted by atomic mass is 10.2. The smallest absolute Gasteiger partial charge is 0.271 e. The molecule has 0 bridgehead atoms. The first-order valence-corrected chi connectivity index (χ1v) is 9.29. The van der Waals surface area contributed by atoms with E-state index in [1.807, 2.05) is 0 Å². The van der Waals surface area contributed by atoms with Crippen LogP contribution in [0.3, 0.4) is 0 Å². The van der Waals surface area contributed by atoms with Gasteiger partial charge in [-0.2, -0.15) is 0 Å². The predicted molar refractivity (Wildman–Crippen MR) is 93.8 cm³/mol. The Morgan fingerprint density at radius 2 is 1.79 bits per heavy atom. The third-order valence-electron chi connectivity index (χ3n) is 3.10. The summed E-state index contributed by atoms with van der Waals surface area (Å²) in [6.45, 7) is 0. The number of benzene rings is 1. The van der Waals surface area contributed by atoms with Crippen LogP contribution in [0.25, 0.3) is 0 Å². The van der Waals surface area contributed by atoms with Crippen LogP contribution in [0.15, 0.2) is 70.5 Å². The Bertz CT molecular complexity index is 940. The molecule has 0 radical (unpaired) electrons. The molecule has 2 heterocycles. The van der Waals surface area contributed by atoms with Crippen molar-refractivity contribution in [3.8, 4) is 0 Å². The van der Waals surface area contributed by atoms with E-state index >= 15 is 0 Å². The maximum absolute atomic E-state index is 12.3. The van der Waals surface area contributed by atoms with Crippen LogP contribution in [-0.4, -0.2) is 19.3 Å². The second-order valence-electron chi connectivity index (χ2n) is 4.78. The number of pyridine rings is 1. The van der Waals surface area contributed by atoms with E-state index in [4.69, 9.17) is 0 Å². The second-order valence-corrected chi connectivity index (χ2v) is 7.64. The number of carbonyl (C=O) groups is 1. The van der Waals surface area contributed by atoms with Crippen LogP contribution in [0, 0.1) is 0 Å². The number of nitrogens with zero attached hydrogens (tertiary/aromatic N) is 1. The predicted octanol–water partition coefficient (Wildman–Crippen LogP) is 3.20. The molecule has 3 aromatic rings. The van der Waals surface area contributed by atoms with Gasteiger partial charge in [-0.25, -0.2) is 8.42 Å². The van der Waals surface area contributed by atoms with Crippen molar-refractivity contribution in [2.75, 3.05) is 10.0 Å². The molecule has 0 aliphatic carbocycles. The maximum atomic E-state index is 12.3. The third kappa shape index (κ3) is 3.61. The summed E-state index contributed by atoms with van der Waals surface area (Å²) in [5.74, 6) is -0.370. The lowest BCUT2D eigenvalue weighted by molar-refractivity contribution is 0.102. The molecule has 0 saturated heterocycles. The average molecular weight is 359 g/mol. The highest BCUT2D eigenvalue weighted by atomic mass is 32.2. The summed E-state index contributed by atoms with van der Waals surface area (Å²) < 4.78 is 27.4. The molecule has 1 amide bonds. The minimum absolute atomic E-state index is 0.205. The van der Waals surface area contributed by atoms with Crippen molar-refractivity contribution in [1.82, 2.24) is 4.98 Å². The molecule has 0 aliphatic heterocycles. The summed E-state index contributed by atoms with van der Waals surface area (Å²) in [6, 6.07) is 13.1. The highest BCUT2D eigenvalue weighted by Crippen LogP contribution is 2.26. The van der Waals surface area contributed by atoms with E-state index in [1.165, 1.54) is 12.3 Å². The van der Waals surface area contributed by atoms with Gasteiger partial charge in [-0.05, 0) is 35.7 Å². The number of para-hydroxylation sites is 2. The monoisotopic (exact) mass is 359 g/mol. The largest absolute Gasteiger partial charge is 0.320 e. The number of aromatic nitrogens is 1. The average Bonchev–Trinajstić information content (AvgIpc) is 3.13. The number of hydrogen-bond donors (Lipinski definition) is 2. The van der Waals surface area contributed by atoms with Crippen LogP contribution in [0.1, 0.15) is 10.4 Å². The molecule has 2 aromatic heterocycles. The lowest BCUT2D eigenvalue weighted by Crippen LogP contribution is -2.16. The van der Waals surface area contributed by atoms with Gasteiger partial charge in [-0.15, -0.1) is 11.3 Å². The maximum Gasteiger partial charge on any atom is 0.271 e. The molecule has 8 heteroatoms. The molecule has 6 nitrogen and oxygen atoms in total. The van der Waals surface area contributed by atoms with Crippen molar-refractivity contribution in [2.45, 2.75) is 4.21 Å². The molecular weight excluding hydrogens is 346 g/mol. The summed E-state index contributed by atoms with van der Waals surface area (Å²) in [5.41, 5.74) is 1.04. The Labute approximate surface area is 143 Å². The fourth-order valence-corrected chi connectivity index (χ4v) is 4.06. The summed E-state index contributed by atoms with van der Waals surface area (Å²) in [7, 11) is -3.69. The van der Waals surface area contributed by atoms with Crippen LogP contribution in [-0.2, 0) is 10.0 Å². The topological polar surface area (TPSA) is 88.2 Å². The van der Waals surface area contributed by atoms with Gasteiger partial charge in [0.05, 0.1) is 16.9 Å². The molecule has 122 valence electrons. The van der Waals surface area contributed by atoms with Gasteiger partial charge in [-0.1, -0.05) is 18.2 Å². The van der Waals surface area contributed by atoms with Crippen LogP contribution < -0.4 is 10.0 Å². The van der Waals surface area contributed by atoms with Crippen LogP contribution in [0.2, 0.25) is 0 Å². The molecule has 0 spiro atoms. The zero-order chi connectivity index (χ0) is 17.0. The first-order chi connectivity index (χ1) is 11.6. The molecule has 0 saturated carbocycles. The minimum atomic E-state index is -3.69. The third-order valence-corrected chi connectivity index (χ3v) is 5.87. The minimum Gasteiger partial charge on any atom is -0.320 e. The van der Waals surface area contributed by atoms with E-state index in [9.17, 15) is 13.2 Å². The van der Waals surface area contributed by atoms with Crippen molar-refractivity contribution in [2.24, 2.45) is 0 Å². The number of anilines is 2. The van der Waals surface area contributed by atoms with E-state index in [2.05, 4.69) is 15.0 Å². The standard InChI is InChI=1S/C16H13N3O3S2/c20-16(12-5-3-9-17-11-12)18-13-6-1-2-7-14(13)19-24(21,22)15-8-4-10-23-15/h1-11,19H,(H,18,20). The number of rotatable bonds is 5. The molecule has 0 aliphatic rings. The number of sulfonamides is 1. The van der Waals surface area contributed by atoms with Crippen LogP contribution in [0.4, 0.5) is 11.4 Å². The molecule has 24 heavy (non-hydrogen) atoms. The van der Waals surface area contributed by atoms with Gasteiger partial charge in [0.25, 0.3) is 15.9 Å². The van der Waals surface area contributed by atoms with Gasteiger partial charge in [-0.3, -0.25) is 14.5 Å². The Hall–Kier alpha value is -2.71. The SMILES string of the molecule is O=C(Nc1ccccc1NS(=O)(=O)c1cccs1)c1cccnc1. The van der Waals surface area contributed by atoms with Crippen molar-refractivity contribution in [3.05, 3.63) is 71.9 Å². The van der Waals surface area contributed by atoms with Crippen LogP contribution in [0.5, 0.6) is 0 Å². The molecule has 1 aromatic carbocycles. The zero-order valence-corrected chi connectivity index (χ0v) is 14.0. The van der Waals surface area contributed by atoms with Gasteiger partial charge >= 0.3 is 0 Å². The number of nitrogens with one attached hydrogen (secondary N) is 2. The van der Waals surface area contributed by atoms with Crippen molar-refractivity contribution in [3.63, 3.8) is 0 Å². The highest BCUT2D eigenvalue weighted by molar-refractivity contribution is 7.94. The summed E-state index contributed by atoms with van der Waals surface area (Å²) >= 11 is 1.12. The molecule has 2 N–H and O–H groups in total. The number of carbonyl (C=O) groups excluding carboxylic acids is 1. The number of thiophene rings is 1. The van der Waals surface area contributed by atoms with E-state index in [1.54, 1.807) is 54.0 Å². The fraction of sp³-hybridized carbons (Fsp3) is 0. The molecule has 0 atom stereocenters. The van der Waals surface area contributed by atoms with Crippen molar-refractivity contribution < 1.29 is 13.2 Å². The second kappa shape index (κ2) is 6.81. The van der Waals surface area contributed by atoms with E-state index in [0.717, 1.165) is 11.3 Å².